The highest BCUT2D eigenvalue weighted by Crippen LogP contribution is 2.24. The number of aromatic hydroxyl groups is 1. The molecule has 1 fully saturated rings. The third-order valence-electron chi connectivity index (χ3n) is 4.28. The summed E-state index contributed by atoms with van der Waals surface area (Å²) in [7, 11) is 0. The maximum absolute atomic E-state index is 12.3. The zero-order chi connectivity index (χ0) is 16.2. The molecule has 3 rings (SSSR count). The minimum atomic E-state index is -0.573. The molecule has 1 aromatic heterocycles. The van der Waals surface area contributed by atoms with Crippen molar-refractivity contribution in [1.29, 1.82) is 0 Å². The number of nitrogens with one attached hydrogen (secondary N) is 2. The molecule has 0 aliphatic carbocycles. The molecule has 1 aliphatic rings. The van der Waals surface area contributed by atoms with Crippen molar-refractivity contribution in [1.82, 2.24) is 15.2 Å². The summed E-state index contributed by atoms with van der Waals surface area (Å²) in [6.45, 7) is 3.33. The second-order valence-corrected chi connectivity index (χ2v) is 5.88. The van der Waals surface area contributed by atoms with Crippen LogP contribution in [0.1, 0.15) is 29.6 Å². The van der Waals surface area contributed by atoms with Gasteiger partial charge >= 0.3 is 0 Å². The largest absolute Gasteiger partial charge is 0.506 e. The van der Waals surface area contributed by atoms with Crippen molar-refractivity contribution in [2.24, 2.45) is 0 Å². The summed E-state index contributed by atoms with van der Waals surface area (Å²) < 4.78 is 0. The molecule has 0 unspecified atom stereocenters. The van der Waals surface area contributed by atoms with E-state index >= 15 is 0 Å². The molecule has 130 valence electrons. The molecule has 3 N–H and O–H groups in total. The highest BCUT2D eigenvalue weighted by Gasteiger charge is 2.19. The smallest absolute Gasteiger partial charge is 0.265 e. The lowest BCUT2D eigenvalue weighted by Gasteiger charge is -2.26. The molecule has 0 atom stereocenters. The van der Waals surface area contributed by atoms with Crippen LogP contribution in [0.5, 0.6) is 5.75 Å². The van der Waals surface area contributed by atoms with Crippen molar-refractivity contribution >= 4 is 29.2 Å². The number of aromatic nitrogens is 1. The molecule has 24 heavy (non-hydrogen) atoms. The number of nitrogens with zero attached hydrogens (tertiary/aromatic N) is 1. The van der Waals surface area contributed by atoms with Crippen LogP contribution in [0.4, 0.5) is 0 Å². The van der Waals surface area contributed by atoms with Crippen LogP contribution in [0, 0.1) is 0 Å². The van der Waals surface area contributed by atoms with E-state index in [-0.39, 0.29) is 23.7 Å². The van der Waals surface area contributed by atoms with Crippen molar-refractivity contribution in [3.8, 4) is 5.75 Å². The Kier molecular flexibility index (Phi) is 6.23. The lowest BCUT2D eigenvalue weighted by atomic mass is 10.1. The average molecular weight is 352 g/mol. The third-order valence-corrected chi connectivity index (χ3v) is 4.28. The van der Waals surface area contributed by atoms with Crippen molar-refractivity contribution < 1.29 is 9.90 Å². The molecular formula is C17H22ClN3O3. The van der Waals surface area contributed by atoms with E-state index in [2.05, 4.69) is 15.2 Å². The van der Waals surface area contributed by atoms with E-state index < -0.39 is 11.5 Å². The first-order valence-corrected chi connectivity index (χ1v) is 8.01. The van der Waals surface area contributed by atoms with E-state index in [0.29, 0.717) is 17.4 Å². The van der Waals surface area contributed by atoms with Gasteiger partial charge in [0, 0.05) is 18.5 Å². The van der Waals surface area contributed by atoms with Gasteiger partial charge in [-0.25, -0.2) is 0 Å². The lowest BCUT2D eigenvalue weighted by molar-refractivity contribution is 0.0942. The van der Waals surface area contributed by atoms with Crippen LogP contribution in [0.3, 0.4) is 0 Å². The average Bonchev–Trinajstić information content (AvgIpc) is 2.56. The maximum atomic E-state index is 12.3. The first-order chi connectivity index (χ1) is 11.2. The molecule has 2 heterocycles. The second kappa shape index (κ2) is 8.17. The van der Waals surface area contributed by atoms with Gasteiger partial charge in [0.15, 0.2) is 0 Å². The van der Waals surface area contributed by atoms with Gasteiger partial charge in [-0.2, -0.15) is 0 Å². The van der Waals surface area contributed by atoms with E-state index in [1.807, 2.05) is 0 Å². The number of hydrogen-bond acceptors (Lipinski definition) is 4. The summed E-state index contributed by atoms with van der Waals surface area (Å²) >= 11 is 0. The number of likely N-dealkylation sites (tertiary alicyclic amines) is 1. The van der Waals surface area contributed by atoms with Crippen LogP contribution in [0.15, 0.2) is 29.1 Å². The zero-order valence-corrected chi connectivity index (χ0v) is 14.2. The van der Waals surface area contributed by atoms with E-state index in [0.717, 1.165) is 19.6 Å². The predicted octanol–water partition coefficient (Wildman–Crippen LogP) is 1.87. The number of pyridine rings is 1. The molecule has 0 bridgehead atoms. The fourth-order valence-corrected chi connectivity index (χ4v) is 3.04. The van der Waals surface area contributed by atoms with E-state index in [4.69, 9.17) is 0 Å². The number of hydrogen-bond donors (Lipinski definition) is 3. The number of carbonyl (C=O) groups is 1. The molecule has 1 saturated heterocycles. The Morgan fingerprint density at radius 3 is 2.67 bits per heavy atom. The van der Waals surface area contributed by atoms with Crippen molar-refractivity contribution in [3.05, 3.63) is 40.2 Å². The number of rotatable bonds is 4. The van der Waals surface area contributed by atoms with E-state index in [1.165, 1.54) is 19.3 Å². The summed E-state index contributed by atoms with van der Waals surface area (Å²) in [6, 6.07) is 6.87. The number of fused-ring (bicyclic) bond motifs is 1. The molecule has 6 nitrogen and oxygen atoms in total. The van der Waals surface area contributed by atoms with Gasteiger partial charge in [-0.3, -0.25) is 9.59 Å². The van der Waals surface area contributed by atoms with Gasteiger partial charge in [0.1, 0.15) is 11.3 Å². The Labute approximate surface area is 146 Å². The monoisotopic (exact) mass is 351 g/mol. The number of benzene rings is 1. The minimum Gasteiger partial charge on any atom is -0.506 e. The number of para-hydroxylation sites is 1. The van der Waals surface area contributed by atoms with Crippen molar-refractivity contribution in [2.45, 2.75) is 19.3 Å². The van der Waals surface area contributed by atoms with Crippen LogP contribution < -0.4 is 10.9 Å². The molecule has 0 saturated carbocycles. The first kappa shape index (κ1) is 18.3. The van der Waals surface area contributed by atoms with Gasteiger partial charge in [-0.15, -0.1) is 12.4 Å². The molecule has 0 spiro atoms. The number of halogens is 1. The van der Waals surface area contributed by atoms with Crippen molar-refractivity contribution in [3.63, 3.8) is 0 Å². The van der Waals surface area contributed by atoms with Gasteiger partial charge < -0.3 is 20.3 Å². The third kappa shape index (κ3) is 3.88. The van der Waals surface area contributed by atoms with Crippen LogP contribution in [0.25, 0.3) is 10.9 Å². The highest BCUT2D eigenvalue weighted by molar-refractivity contribution is 6.01. The molecule has 1 aromatic carbocycles. The summed E-state index contributed by atoms with van der Waals surface area (Å²) in [5, 5.41) is 13.5. The van der Waals surface area contributed by atoms with E-state index in [1.54, 1.807) is 24.3 Å². The van der Waals surface area contributed by atoms with Crippen LogP contribution in [-0.4, -0.2) is 47.1 Å². The van der Waals surface area contributed by atoms with Crippen LogP contribution >= 0.6 is 12.4 Å². The Morgan fingerprint density at radius 1 is 1.21 bits per heavy atom. The number of carbonyl (C=O) groups excluding carboxylic acids is 1. The Balaban J connectivity index is 0.00000208. The molecule has 7 heteroatoms. The van der Waals surface area contributed by atoms with Gasteiger partial charge in [0.2, 0.25) is 0 Å². The minimum absolute atomic E-state index is 0. The first-order valence-electron chi connectivity index (χ1n) is 8.01. The topological polar surface area (TPSA) is 85.4 Å². The van der Waals surface area contributed by atoms with Crippen LogP contribution in [-0.2, 0) is 0 Å². The maximum Gasteiger partial charge on any atom is 0.265 e. The molecule has 1 amide bonds. The van der Waals surface area contributed by atoms with Crippen LogP contribution in [0.2, 0.25) is 0 Å². The van der Waals surface area contributed by atoms with Gasteiger partial charge in [-0.05, 0) is 38.1 Å². The molecule has 0 radical (unpaired) electrons. The number of H-pyrrole nitrogens is 1. The lowest BCUT2D eigenvalue weighted by Crippen LogP contribution is -2.38. The molecule has 2 aromatic rings. The number of piperidine rings is 1. The molecule has 1 aliphatic heterocycles. The standard InChI is InChI=1S/C17H21N3O3.ClH/c21-15-12-6-2-3-7-13(12)19-17(23)14(15)16(22)18-8-11-20-9-4-1-5-10-20;/h2-3,6-7H,1,4-5,8-11H2,(H,18,22)(H2,19,21,23);1H. The quantitative estimate of drug-likeness (QED) is 0.785. The number of aromatic amines is 1. The number of amides is 1. The summed E-state index contributed by atoms with van der Waals surface area (Å²) in [5.74, 6) is -0.800. The highest BCUT2D eigenvalue weighted by atomic mass is 35.5. The summed E-state index contributed by atoms with van der Waals surface area (Å²) in [4.78, 5) is 29.3. The Morgan fingerprint density at radius 2 is 1.92 bits per heavy atom. The SMILES string of the molecule is Cl.O=C(NCCN1CCCCC1)c1c(O)c2ccccc2[nH]c1=O. The second-order valence-electron chi connectivity index (χ2n) is 5.88. The Bertz CT molecular complexity index is 769. The van der Waals surface area contributed by atoms with Crippen molar-refractivity contribution in [2.75, 3.05) is 26.2 Å². The van der Waals surface area contributed by atoms with Gasteiger partial charge in [-0.1, -0.05) is 18.6 Å². The summed E-state index contributed by atoms with van der Waals surface area (Å²) in [6.07, 6.45) is 3.65. The van der Waals surface area contributed by atoms with Gasteiger partial charge in [0.05, 0.1) is 5.52 Å². The fraction of sp³-hybridized carbons (Fsp3) is 0.412. The fourth-order valence-electron chi connectivity index (χ4n) is 3.04. The zero-order valence-electron chi connectivity index (χ0n) is 13.4. The summed E-state index contributed by atoms with van der Waals surface area (Å²) in [5.41, 5.74) is -0.279. The van der Waals surface area contributed by atoms with E-state index in [9.17, 15) is 14.7 Å². The van der Waals surface area contributed by atoms with Gasteiger partial charge in [0.25, 0.3) is 11.5 Å². The predicted molar refractivity (Wildman–Crippen MR) is 96.1 cm³/mol. The normalized spacial score (nSPS) is 15.0. The molecular weight excluding hydrogens is 330 g/mol. The Hall–Kier alpha value is -2.05.